The van der Waals surface area contributed by atoms with Crippen LogP contribution in [0.15, 0.2) is 42.5 Å². The molecule has 0 aliphatic rings. The standard InChI is InChI=1S/C15H15ClFNO/c1-10-5-6-14(13(16)7-10)18-9-15(19)11-3-2-4-12(17)8-11/h2-8,15,18-19H,9H2,1H3. The summed E-state index contributed by atoms with van der Waals surface area (Å²) in [4.78, 5) is 0. The number of nitrogens with one attached hydrogen (secondary N) is 1. The maximum Gasteiger partial charge on any atom is 0.123 e. The molecule has 2 aromatic carbocycles. The molecule has 2 aromatic rings. The molecule has 2 N–H and O–H groups in total. The predicted molar refractivity (Wildman–Crippen MR) is 76.0 cm³/mol. The summed E-state index contributed by atoms with van der Waals surface area (Å²) in [5.74, 6) is -0.357. The van der Waals surface area contributed by atoms with Gasteiger partial charge in [-0.2, -0.15) is 0 Å². The van der Waals surface area contributed by atoms with Gasteiger partial charge in [0.15, 0.2) is 0 Å². The topological polar surface area (TPSA) is 32.3 Å². The first kappa shape index (κ1) is 13.8. The first-order valence-corrected chi connectivity index (χ1v) is 6.37. The van der Waals surface area contributed by atoms with Gasteiger partial charge in [0.25, 0.3) is 0 Å². The number of aliphatic hydroxyl groups is 1. The zero-order valence-electron chi connectivity index (χ0n) is 10.5. The van der Waals surface area contributed by atoms with E-state index in [0.29, 0.717) is 10.6 Å². The Morgan fingerprint density at radius 3 is 2.74 bits per heavy atom. The van der Waals surface area contributed by atoms with E-state index in [1.165, 1.54) is 12.1 Å². The monoisotopic (exact) mass is 279 g/mol. The van der Waals surface area contributed by atoms with Crippen molar-refractivity contribution in [2.45, 2.75) is 13.0 Å². The molecule has 4 heteroatoms. The van der Waals surface area contributed by atoms with Gasteiger partial charge in [0, 0.05) is 6.54 Å². The molecule has 19 heavy (non-hydrogen) atoms. The van der Waals surface area contributed by atoms with Crippen LogP contribution in [-0.2, 0) is 0 Å². The number of aryl methyl sites for hydroxylation is 1. The van der Waals surface area contributed by atoms with Gasteiger partial charge in [0.1, 0.15) is 5.82 Å². The van der Waals surface area contributed by atoms with Gasteiger partial charge in [-0.25, -0.2) is 4.39 Å². The molecule has 0 saturated heterocycles. The normalized spacial score (nSPS) is 12.2. The van der Waals surface area contributed by atoms with Crippen molar-refractivity contribution < 1.29 is 9.50 Å². The zero-order chi connectivity index (χ0) is 13.8. The van der Waals surface area contributed by atoms with Gasteiger partial charge in [-0.05, 0) is 42.3 Å². The van der Waals surface area contributed by atoms with Gasteiger partial charge in [-0.15, -0.1) is 0 Å². The van der Waals surface area contributed by atoms with E-state index in [1.54, 1.807) is 12.1 Å². The fourth-order valence-corrected chi connectivity index (χ4v) is 2.10. The Morgan fingerprint density at radius 1 is 1.26 bits per heavy atom. The van der Waals surface area contributed by atoms with Gasteiger partial charge in [-0.1, -0.05) is 29.8 Å². The number of halogens is 2. The summed E-state index contributed by atoms with van der Waals surface area (Å²) in [6.07, 6.45) is -0.784. The molecule has 0 heterocycles. The van der Waals surface area contributed by atoms with Gasteiger partial charge in [0.05, 0.1) is 16.8 Å². The van der Waals surface area contributed by atoms with Crippen LogP contribution in [0, 0.1) is 12.7 Å². The van der Waals surface area contributed by atoms with Crippen LogP contribution in [0.3, 0.4) is 0 Å². The molecular formula is C15H15ClFNO. The van der Waals surface area contributed by atoms with E-state index in [4.69, 9.17) is 11.6 Å². The number of hydrogen-bond donors (Lipinski definition) is 2. The second-order valence-electron chi connectivity index (χ2n) is 4.44. The van der Waals surface area contributed by atoms with Gasteiger partial charge in [-0.3, -0.25) is 0 Å². The van der Waals surface area contributed by atoms with Crippen LogP contribution < -0.4 is 5.32 Å². The molecule has 0 spiro atoms. The van der Waals surface area contributed by atoms with E-state index in [-0.39, 0.29) is 12.4 Å². The van der Waals surface area contributed by atoms with E-state index in [2.05, 4.69) is 5.32 Å². The molecule has 0 aliphatic carbocycles. The Labute approximate surface area is 116 Å². The van der Waals surface area contributed by atoms with Crippen LogP contribution in [-0.4, -0.2) is 11.7 Å². The van der Waals surface area contributed by atoms with Gasteiger partial charge >= 0.3 is 0 Å². The van der Waals surface area contributed by atoms with Crippen molar-refractivity contribution >= 4 is 17.3 Å². The average molecular weight is 280 g/mol. The Kier molecular flexibility index (Phi) is 4.40. The molecule has 1 unspecified atom stereocenters. The smallest absolute Gasteiger partial charge is 0.123 e. The third kappa shape index (κ3) is 3.69. The van der Waals surface area contributed by atoms with Gasteiger partial charge in [0.2, 0.25) is 0 Å². The highest BCUT2D eigenvalue weighted by Gasteiger charge is 2.09. The largest absolute Gasteiger partial charge is 0.387 e. The van der Waals surface area contributed by atoms with Crippen molar-refractivity contribution in [3.8, 4) is 0 Å². The predicted octanol–water partition coefficient (Wildman–Crippen LogP) is 3.93. The summed E-state index contributed by atoms with van der Waals surface area (Å²) < 4.78 is 13.0. The molecule has 1 atom stereocenters. The molecule has 2 rings (SSSR count). The van der Waals surface area contributed by atoms with E-state index in [9.17, 15) is 9.50 Å². The molecule has 100 valence electrons. The first-order chi connectivity index (χ1) is 9.06. The van der Waals surface area contributed by atoms with Crippen molar-refractivity contribution in [2.24, 2.45) is 0 Å². The van der Waals surface area contributed by atoms with E-state index < -0.39 is 6.10 Å². The van der Waals surface area contributed by atoms with E-state index in [1.807, 2.05) is 25.1 Å². The lowest BCUT2D eigenvalue weighted by Crippen LogP contribution is -2.12. The molecular weight excluding hydrogens is 265 g/mol. The summed E-state index contributed by atoms with van der Waals surface area (Å²) in [5, 5.41) is 13.6. The third-order valence-electron chi connectivity index (χ3n) is 2.84. The van der Waals surface area contributed by atoms with Crippen molar-refractivity contribution in [1.29, 1.82) is 0 Å². The number of hydrogen-bond acceptors (Lipinski definition) is 2. The van der Waals surface area contributed by atoms with Crippen LogP contribution in [0.5, 0.6) is 0 Å². The minimum absolute atomic E-state index is 0.270. The number of aliphatic hydroxyl groups excluding tert-OH is 1. The Hall–Kier alpha value is -1.58. The highest BCUT2D eigenvalue weighted by Crippen LogP contribution is 2.24. The van der Waals surface area contributed by atoms with Crippen molar-refractivity contribution in [1.82, 2.24) is 0 Å². The number of benzene rings is 2. The Bertz CT molecular complexity index is 574. The van der Waals surface area contributed by atoms with Crippen molar-refractivity contribution in [3.63, 3.8) is 0 Å². The lowest BCUT2D eigenvalue weighted by molar-refractivity contribution is 0.191. The summed E-state index contributed by atoms with van der Waals surface area (Å²) in [6.45, 7) is 2.23. The number of anilines is 1. The maximum absolute atomic E-state index is 13.0. The highest BCUT2D eigenvalue weighted by atomic mass is 35.5. The average Bonchev–Trinajstić information content (AvgIpc) is 2.37. The van der Waals surface area contributed by atoms with Crippen LogP contribution in [0.1, 0.15) is 17.2 Å². The molecule has 0 saturated carbocycles. The molecule has 2 nitrogen and oxygen atoms in total. The molecule has 0 amide bonds. The van der Waals surface area contributed by atoms with E-state index in [0.717, 1.165) is 11.3 Å². The third-order valence-corrected chi connectivity index (χ3v) is 3.16. The summed E-state index contributed by atoms with van der Waals surface area (Å²) in [6, 6.07) is 11.6. The molecule has 0 aliphatic heterocycles. The molecule has 0 aromatic heterocycles. The fraction of sp³-hybridized carbons (Fsp3) is 0.200. The van der Waals surface area contributed by atoms with Crippen LogP contribution >= 0.6 is 11.6 Å². The van der Waals surface area contributed by atoms with E-state index >= 15 is 0 Å². The quantitative estimate of drug-likeness (QED) is 0.889. The van der Waals surface area contributed by atoms with Crippen molar-refractivity contribution in [3.05, 3.63) is 64.4 Å². The lowest BCUT2D eigenvalue weighted by atomic mass is 10.1. The van der Waals surface area contributed by atoms with Crippen LogP contribution in [0.4, 0.5) is 10.1 Å². The molecule has 0 radical (unpaired) electrons. The minimum Gasteiger partial charge on any atom is -0.387 e. The Balaban J connectivity index is 2.02. The molecule has 0 fully saturated rings. The molecule has 0 bridgehead atoms. The Morgan fingerprint density at radius 2 is 2.05 bits per heavy atom. The highest BCUT2D eigenvalue weighted by molar-refractivity contribution is 6.33. The zero-order valence-corrected chi connectivity index (χ0v) is 11.3. The summed E-state index contributed by atoms with van der Waals surface area (Å²) in [7, 11) is 0. The maximum atomic E-state index is 13.0. The second-order valence-corrected chi connectivity index (χ2v) is 4.84. The van der Waals surface area contributed by atoms with Gasteiger partial charge < -0.3 is 10.4 Å². The lowest BCUT2D eigenvalue weighted by Gasteiger charge is -2.14. The minimum atomic E-state index is -0.784. The fourth-order valence-electron chi connectivity index (χ4n) is 1.80. The second kappa shape index (κ2) is 6.04. The summed E-state index contributed by atoms with van der Waals surface area (Å²) >= 11 is 6.08. The first-order valence-electron chi connectivity index (χ1n) is 6.00. The number of rotatable bonds is 4. The van der Waals surface area contributed by atoms with Crippen LogP contribution in [0.2, 0.25) is 5.02 Å². The van der Waals surface area contributed by atoms with Crippen LogP contribution in [0.25, 0.3) is 0 Å². The van der Waals surface area contributed by atoms with Crippen molar-refractivity contribution in [2.75, 3.05) is 11.9 Å². The SMILES string of the molecule is Cc1ccc(NCC(O)c2cccc(F)c2)c(Cl)c1. The summed E-state index contributed by atoms with van der Waals surface area (Å²) in [5.41, 5.74) is 2.36.